The van der Waals surface area contributed by atoms with Gasteiger partial charge in [0.05, 0.1) is 6.04 Å². The van der Waals surface area contributed by atoms with Gasteiger partial charge in [-0.2, -0.15) is 0 Å². The van der Waals surface area contributed by atoms with Crippen LogP contribution in [0.1, 0.15) is 34.8 Å². The molecule has 22 heavy (non-hydrogen) atoms. The first-order valence-corrected chi connectivity index (χ1v) is 7.72. The highest BCUT2D eigenvalue weighted by Crippen LogP contribution is 2.19. The number of nitrogens with one attached hydrogen (secondary N) is 1. The van der Waals surface area contributed by atoms with Crippen molar-refractivity contribution in [2.45, 2.75) is 18.9 Å². The van der Waals surface area contributed by atoms with Gasteiger partial charge in [0.25, 0.3) is 5.91 Å². The largest absolute Gasteiger partial charge is 0.345 e. The summed E-state index contributed by atoms with van der Waals surface area (Å²) in [6, 6.07) is 19.6. The molecule has 0 saturated carbocycles. The molecule has 0 aliphatic rings. The molecular formula is C19H24N2O. The topological polar surface area (TPSA) is 32.3 Å². The fourth-order valence-electron chi connectivity index (χ4n) is 2.45. The average Bonchev–Trinajstić information content (AvgIpc) is 2.55. The lowest BCUT2D eigenvalue weighted by atomic mass is 10.0. The summed E-state index contributed by atoms with van der Waals surface area (Å²) >= 11 is 0. The average molecular weight is 296 g/mol. The maximum Gasteiger partial charge on any atom is 0.251 e. The van der Waals surface area contributed by atoms with Crippen molar-refractivity contribution in [3.05, 3.63) is 71.8 Å². The van der Waals surface area contributed by atoms with Gasteiger partial charge in [-0.3, -0.25) is 4.79 Å². The van der Waals surface area contributed by atoms with Crippen molar-refractivity contribution in [1.29, 1.82) is 0 Å². The molecule has 2 aromatic carbocycles. The zero-order valence-electron chi connectivity index (χ0n) is 13.3. The maximum absolute atomic E-state index is 12.4. The number of benzene rings is 2. The summed E-state index contributed by atoms with van der Waals surface area (Å²) in [4.78, 5) is 14.6. The standard InChI is InChI=1S/C19H24N2O/c1-21(2)15-9-14-18(16-10-5-3-6-11-16)20-19(22)17-12-7-4-8-13-17/h3-8,10-13,18H,9,14-15H2,1-2H3,(H,20,22). The third-order valence-corrected chi connectivity index (χ3v) is 3.64. The zero-order chi connectivity index (χ0) is 15.8. The van der Waals surface area contributed by atoms with Gasteiger partial charge < -0.3 is 10.2 Å². The number of carbonyl (C=O) groups excluding carboxylic acids is 1. The Hall–Kier alpha value is -2.13. The summed E-state index contributed by atoms with van der Waals surface area (Å²) in [5.74, 6) is -0.0145. The van der Waals surface area contributed by atoms with E-state index in [4.69, 9.17) is 0 Å². The number of carbonyl (C=O) groups is 1. The minimum atomic E-state index is -0.0145. The number of hydrogen-bond donors (Lipinski definition) is 1. The Morgan fingerprint density at radius 1 is 1.00 bits per heavy atom. The van der Waals surface area contributed by atoms with Crippen LogP contribution in [0.4, 0.5) is 0 Å². The fraction of sp³-hybridized carbons (Fsp3) is 0.316. The van der Waals surface area contributed by atoms with E-state index >= 15 is 0 Å². The molecular weight excluding hydrogens is 272 g/mol. The van der Waals surface area contributed by atoms with E-state index in [0.29, 0.717) is 5.56 Å². The van der Waals surface area contributed by atoms with Crippen molar-refractivity contribution >= 4 is 5.91 Å². The molecule has 2 aromatic rings. The summed E-state index contributed by atoms with van der Waals surface area (Å²) in [5, 5.41) is 3.17. The van der Waals surface area contributed by atoms with Gasteiger partial charge in [0.1, 0.15) is 0 Å². The normalized spacial score (nSPS) is 12.1. The van der Waals surface area contributed by atoms with Crippen LogP contribution in [0, 0.1) is 0 Å². The van der Waals surface area contributed by atoms with Gasteiger partial charge in [-0.05, 0) is 51.2 Å². The number of rotatable bonds is 7. The Morgan fingerprint density at radius 3 is 2.18 bits per heavy atom. The highest BCUT2D eigenvalue weighted by atomic mass is 16.1. The zero-order valence-corrected chi connectivity index (χ0v) is 13.3. The number of amides is 1. The molecule has 1 N–H and O–H groups in total. The molecule has 0 aliphatic carbocycles. The maximum atomic E-state index is 12.4. The van der Waals surface area contributed by atoms with Crippen LogP contribution in [0.2, 0.25) is 0 Å². The summed E-state index contributed by atoms with van der Waals surface area (Å²) < 4.78 is 0. The highest BCUT2D eigenvalue weighted by Gasteiger charge is 2.15. The Balaban J connectivity index is 2.05. The molecule has 0 bridgehead atoms. The smallest absolute Gasteiger partial charge is 0.251 e. The van der Waals surface area contributed by atoms with Crippen LogP contribution in [0.5, 0.6) is 0 Å². The first-order chi connectivity index (χ1) is 10.7. The van der Waals surface area contributed by atoms with Crippen LogP contribution in [0.15, 0.2) is 60.7 Å². The van der Waals surface area contributed by atoms with Crippen LogP contribution in [0.25, 0.3) is 0 Å². The van der Waals surface area contributed by atoms with E-state index in [0.717, 1.165) is 24.9 Å². The van der Waals surface area contributed by atoms with E-state index < -0.39 is 0 Å². The van der Waals surface area contributed by atoms with Crippen molar-refractivity contribution in [3.8, 4) is 0 Å². The molecule has 1 unspecified atom stereocenters. The Morgan fingerprint density at radius 2 is 1.59 bits per heavy atom. The predicted octanol–water partition coefficient (Wildman–Crippen LogP) is 3.50. The van der Waals surface area contributed by atoms with Crippen LogP contribution in [-0.2, 0) is 0 Å². The lowest BCUT2D eigenvalue weighted by Crippen LogP contribution is -2.29. The molecule has 3 nitrogen and oxygen atoms in total. The molecule has 0 radical (unpaired) electrons. The van der Waals surface area contributed by atoms with E-state index in [1.54, 1.807) is 0 Å². The summed E-state index contributed by atoms with van der Waals surface area (Å²) in [5.41, 5.74) is 1.86. The van der Waals surface area contributed by atoms with Crippen molar-refractivity contribution in [3.63, 3.8) is 0 Å². The van der Waals surface area contributed by atoms with Gasteiger partial charge in [-0.15, -0.1) is 0 Å². The Bertz CT molecular complexity index is 567. The van der Waals surface area contributed by atoms with Gasteiger partial charge in [0, 0.05) is 5.56 Å². The summed E-state index contributed by atoms with van der Waals surface area (Å²) in [6.45, 7) is 1.02. The van der Waals surface area contributed by atoms with Crippen LogP contribution in [-0.4, -0.2) is 31.4 Å². The predicted molar refractivity (Wildman–Crippen MR) is 90.9 cm³/mol. The third-order valence-electron chi connectivity index (χ3n) is 3.64. The fourth-order valence-corrected chi connectivity index (χ4v) is 2.45. The lowest BCUT2D eigenvalue weighted by molar-refractivity contribution is 0.0933. The van der Waals surface area contributed by atoms with Gasteiger partial charge >= 0.3 is 0 Å². The third kappa shape index (κ3) is 5.01. The molecule has 0 heterocycles. The number of hydrogen-bond acceptors (Lipinski definition) is 2. The van der Waals surface area contributed by atoms with Crippen LogP contribution < -0.4 is 5.32 Å². The van der Waals surface area contributed by atoms with Crippen molar-refractivity contribution in [2.24, 2.45) is 0 Å². The summed E-state index contributed by atoms with van der Waals surface area (Å²) in [7, 11) is 4.14. The van der Waals surface area contributed by atoms with E-state index in [1.807, 2.05) is 48.5 Å². The second-order valence-corrected chi connectivity index (χ2v) is 5.75. The SMILES string of the molecule is CN(C)CCCC(NC(=O)c1ccccc1)c1ccccc1. The highest BCUT2D eigenvalue weighted by molar-refractivity contribution is 5.94. The molecule has 1 amide bonds. The van der Waals surface area contributed by atoms with E-state index in [2.05, 4.69) is 36.4 Å². The molecule has 116 valence electrons. The minimum Gasteiger partial charge on any atom is -0.345 e. The second kappa shape index (κ2) is 8.35. The van der Waals surface area contributed by atoms with Crippen molar-refractivity contribution in [1.82, 2.24) is 10.2 Å². The van der Waals surface area contributed by atoms with Gasteiger partial charge in [-0.25, -0.2) is 0 Å². The molecule has 0 aliphatic heterocycles. The van der Waals surface area contributed by atoms with Gasteiger partial charge in [0.2, 0.25) is 0 Å². The van der Waals surface area contributed by atoms with Gasteiger partial charge in [-0.1, -0.05) is 48.5 Å². The van der Waals surface area contributed by atoms with Crippen LogP contribution in [0.3, 0.4) is 0 Å². The quantitative estimate of drug-likeness (QED) is 0.848. The molecule has 0 saturated heterocycles. The number of nitrogens with zero attached hydrogens (tertiary/aromatic N) is 1. The summed E-state index contributed by atoms with van der Waals surface area (Å²) in [6.07, 6.45) is 1.97. The first kappa shape index (κ1) is 16.2. The Kier molecular flexibility index (Phi) is 6.16. The molecule has 2 rings (SSSR count). The lowest BCUT2D eigenvalue weighted by Gasteiger charge is -2.20. The van der Waals surface area contributed by atoms with E-state index in [1.165, 1.54) is 0 Å². The van der Waals surface area contributed by atoms with Crippen LogP contribution >= 0.6 is 0 Å². The molecule has 1 atom stereocenters. The minimum absolute atomic E-state index is 0.0145. The second-order valence-electron chi connectivity index (χ2n) is 5.75. The molecule has 3 heteroatoms. The molecule has 0 spiro atoms. The van der Waals surface area contributed by atoms with Crippen molar-refractivity contribution in [2.75, 3.05) is 20.6 Å². The van der Waals surface area contributed by atoms with E-state index in [-0.39, 0.29) is 11.9 Å². The molecule has 0 aromatic heterocycles. The van der Waals surface area contributed by atoms with Gasteiger partial charge in [0.15, 0.2) is 0 Å². The Labute approximate surface area is 133 Å². The monoisotopic (exact) mass is 296 g/mol. The molecule has 0 fully saturated rings. The first-order valence-electron chi connectivity index (χ1n) is 7.72. The van der Waals surface area contributed by atoms with Crippen molar-refractivity contribution < 1.29 is 4.79 Å². The van der Waals surface area contributed by atoms with E-state index in [9.17, 15) is 4.79 Å².